The number of methoxy groups -OCH3 is 1. The predicted molar refractivity (Wildman–Crippen MR) is 102 cm³/mol. The van der Waals surface area contributed by atoms with E-state index >= 15 is 0 Å². The van der Waals surface area contributed by atoms with Gasteiger partial charge in [0.2, 0.25) is 5.91 Å². The number of ether oxygens (including phenoxy) is 1. The van der Waals surface area contributed by atoms with Crippen molar-refractivity contribution in [1.29, 1.82) is 0 Å². The second-order valence-electron chi connectivity index (χ2n) is 7.94. The third-order valence-corrected chi connectivity index (χ3v) is 4.45. The molecule has 1 aromatic carbocycles. The molecule has 0 bridgehead atoms. The van der Waals surface area contributed by atoms with Crippen LogP contribution in [0.5, 0.6) is 5.75 Å². The summed E-state index contributed by atoms with van der Waals surface area (Å²) in [5.41, 5.74) is 1.16. The molecule has 0 atom stereocenters. The molecule has 6 heteroatoms. The van der Waals surface area contributed by atoms with Crippen LogP contribution in [0.4, 0.5) is 4.79 Å². The molecule has 1 aromatic rings. The third kappa shape index (κ3) is 6.24. The van der Waals surface area contributed by atoms with Crippen molar-refractivity contribution < 1.29 is 14.3 Å². The predicted octanol–water partition coefficient (Wildman–Crippen LogP) is 2.53. The molecule has 2 rings (SSSR count). The molecular weight excluding hydrogens is 330 g/mol. The Labute approximate surface area is 156 Å². The lowest BCUT2D eigenvalue weighted by molar-refractivity contribution is -0.132. The zero-order valence-corrected chi connectivity index (χ0v) is 16.4. The van der Waals surface area contributed by atoms with Crippen LogP contribution >= 0.6 is 0 Å². The van der Waals surface area contributed by atoms with E-state index in [1.165, 1.54) is 0 Å². The van der Waals surface area contributed by atoms with Crippen molar-refractivity contribution in [2.24, 2.45) is 5.41 Å². The van der Waals surface area contributed by atoms with E-state index in [0.717, 1.165) is 11.3 Å². The molecule has 1 fully saturated rings. The lowest BCUT2D eigenvalue weighted by Crippen LogP contribution is -2.53. The zero-order valence-electron chi connectivity index (χ0n) is 16.4. The summed E-state index contributed by atoms with van der Waals surface area (Å²) in [4.78, 5) is 28.3. The Balaban J connectivity index is 1.74. The molecule has 0 spiro atoms. The van der Waals surface area contributed by atoms with E-state index in [1.807, 2.05) is 29.2 Å². The van der Waals surface area contributed by atoms with Gasteiger partial charge in [-0.05, 0) is 29.5 Å². The maximum atomic E-state index is 12.4. The van der Waals surface area contributed by atoms with Gasteiger partial charge in [0.25, 0.3) is 0 Å². The fourth-order valence-electron chi connectivity index (χ4n) is 2.85. The monoisotopic (exact) mass is 361 g/mol. The average molecular weight is 361 g/mol. The van der Waals surface area contributed by atoms with Gasteiger partial charge in [0.1, 0.15) is 5.75 Å². The number of hydrogen-bond donors (Lipinski definition) is 1. The molecule has 0 radical (unpaired) electrons. The van der Waals surface area contributed by atoms with Gasteiger partial charge in [0, 0.05) is 39.1 Å². The van der Waals surface area contributed by atoms with Gasteiger partial charge in [-0.15, -0.1) is 0 Å². The minimum absolute atomic E-state index is 0.0385. The summed E-state index contributed by atoms with van der Waals surface area (Å²) in [5, 5.41) is 2.97. The first kappa shape index (κ1) is 20.1. The van der Waals surface area contributed by atoms with Gasteiger partial charge in [0.15, 0.2) is 0 Å². The number of piperazine rings is 1. The van der Waals surface area contributed by atoms with Crippen molar-refractivity contribution in [2.75, 3.05) is 39.8 Å². The molecule has 6 nitrogen and oxygen atoms in total. The highest BCUT2D eigenvalue weighted by Gasteiger charge is 2.24. The van der Waals surface area contributed by atoms with Gasteiger partial charge in [-0.2, -0.15) is 0 Å². The highest BCUT2D eigenvalue weighted by Crippen LogP contribution is 2.15. The largest absolute Gasteiger partial charge is 0.497 e. The molecule has 1 heterocycles. The highest BCUT2D eigenvalue weighted by molar-refractivity contribution is 5.78. The molecule has 0 aromatic heterocycles. The van der Waals surface area contributed by atoms with Crippen LogP contribution in [0.3, 0.4) is 0 Å². The third-order valence-electron chi connectivity index (χ3n) is 4.45. The minimum Gasteiger partial charge on any atom is -0.497 e. The summed E-state index contributed by atoms with van der Waals surface area (Å²) in [6, 6.07) is 7.77. The van der Waals surface area contributed by atoms with E-state index in [0.29, 0.717) is 45.6 Å². The Hall–Kier alpha value is -2.24. The van der Waals surface area contributed by atoms with E-state index in [1.54, 1.807) is 12.0 Å². The van der Waals surface area contributed by atoms with Crippen LogP contribution in [0.25, 0.3) is 0 Å². The summed E-state index contributed by atoms with van der Waals surface area (Å²) < 4.78 is 5.21. The lowest BCUT2D eigenvalue weighted by Gasteiger charge is -2.35. The zero-order chi connectivity index (χ0) is 19.2. The first-order valence-electron chi connectivity index (χ1n) is 9.22. The first-order valence-corrected chi connectivity index (χ1v) is 9.22. The summed E-state index contributed by atoms with van der Waals surface area (Å²) in [5.74, 6) is 0.951. The standard InChI is InChI=1S/C20H31N3O3/c1-20(2,3)15-21-19(25)23-12-10-22(11-13-23)18(24)9-8-16-6-5-7-17(14-16)26-4/h5-7,14H,8-13,15H2,1-4H3,(H,21,25). The number of urea groups is 1. The van der Waals surface area contributed by atoms with Gasteiger partial charge in [-0.3, -0.25) is 4.79 Å². The number of amides is 3. The number of carbonyl (C=O) groups is 2. The smallest absolute Gasteiger partial charge is 0.317 e. The molecule has 144 valence electrons. The van der Waals surface area contributed by atoms with E-state index in [-0.39, 0.29) is 17.4 Å². The Morgan fingerprint density at radius 2 is 1.77 bits per heavy atom. The molecule has 0 saturated carbocycles. The van der Waals surface area contributed by atoms with Crippen molar-refractivity contribution in [3.63, 3.8) is 0 Å². The highest BCUT2D eigenvalue weighted by atomic mass is 16.5. The molecule has 0 unspecified atom stereocenters. The van der Waals surface area contributed by atoms with Gasteiger partial charge in [0.05, 0.1) is 7.11 Å². The Morgan fingerprint density at radius 1 is 1.12 bits per heavy atom. The molecule has 1 aliphatic heterocycles. The molecule has 1 N–H and O–H groups in total. The first-order chi connectivity index (χ1) is 12.3. The number of rotatable bonds is 5. The van der Waals surface area contributed by atoms with Crippen LogP contribution in [0.1, 0.15) is 32.8 Å². The summed E-state index contributed by atoms with van der Waals surface area (Å²) in [6.07, 6.45) is 1.17. The quantitative estimate of drug-likeness (QED) is 0.877. The van der Waals surface area contributed by atoms with Gasteiger partial charge in [-0.25, -0.2) is 4.79 Å². The topological polar surface area (TPSA) is 61.9 Å². The van der Waals surface area contributed by atoms with Crippen molar-refractivity contribution in [1.82, 2.24) is 15.1 Å². The van der Waals surface area contributed by atoms with Crippen LogP contribution in [-0.2, 0) is 11.2 Å². The van der Waals surface area contributed by atoms with E-state index in [2.05, 4.69) is 26.1 Å². The Morgan fingerprint density at radius 3 is 2.38 bits per heavy atom. The molecular formula is C20H31N3O3. The number of hydrogen-bond acceptors (Lipinski definition) is 3. The number of benzene rings is 1. The second kappa shape index (κ2) is 8.92. The fraction of sp³-hybridized carbons (Fsp3) is 0.600. The van der Waals surface area contributed by atoms with Gasteiger partial charge in [-0.1, -0.05) is 32.9 Å². The number of carbonyl (C=O) groups excluding carboxylic acids is 2. The second-order valence-corrected chi connectivity index (χ2v) is 7.94. The number of nitrogens with zero attached hydrogens (tertiary/aromatic N) is 2. The summed E-state index contributed by atoms with van der Waals surface area (Å²) in [7, 11) is 1.64. The van der Waals surface area contributed by atoms with E-state index in [4.69, 9.17) is 4.74 Å². The Kier molecular flexibility index (Phi) is 6.89. The van der Waals surface area contributed by atoms with E-state index < -0.39 is 0 Å². The number of nitrogens with one attached hydrogen (secondary N) is 1. The summed E-state index contributed by atoms with van der Waals surface area (Å²) >= 11 is 0. The van der Waals surface area contributed by atoms with Gasteiger partial charge < -0.3 is 19.9 Å². The van der Waals surface area contributed by atoms with Crippen molar-refractivity contribution >= 4 is 11.9 Å². The van der Waals surface area contributed by atoms with Crippen LogP contribution in [-0.4, -0.2) is 61.6 Å². The van der Waals surface area contributed by atoms with Crippen molar-refractivity contribution in [2.45, 2.75) is 33.6 Å². The normalized spacial score (nSPS) is 14.9. The van der Waals surface area contributed by atoms with Gasteiger partial charge >= 0.3 is 6.03 Å². The van der Waals surface area contributed by atoms with Crippen molar-refractivity contribution in [3.8, 4) is 5.75 Å². The molecule has 1 saturated heterocycles. The Bertz CT molecular complexity index is 617. The molecule has 26 heavy (non-hydrogen) atoms. The molecule has 3 amide bonds. The molecule has 1 aliphatic rings. The fourth-order valence-corrected chi connectivity index (χ4v) is 2.85. The molecule has 0 aliphatic carbocycles. The summed E-state index contributed by atoms with van der Waals surface area (Å²) in [6.45, 7) is 9.28. The van der Waals surface area contributed by atoms with Crippen molar-refractivity contribution in [3.05, 3.63) is 29.8 Å². The van der Waals surface area contributed by atoms with Crippen LogP contribution in [0.15, 0.2) is 24.3 Å². The van der Waals surface area contributed by atoms with Crippen LogP contribution < -0.4 is 10.1 Å². The SMILES string of the molecule is COc1cccc(CCC(=O)N2CCN(C(=O)NCC(C)(C)C)CC2)c1. The number of aryl methyl sites for hydroxylation is 1. The lowest BCUT2D eigenvalue weighted by atomic mass is 9.97. The van der Waals surface area contributed by atoms with E-state index in [9.17, 15) is 9.59 Å². The minimum atomic E-state index is -0.0385. The maximum Gasteiger partial charge on any atom is 0.317 e. The van der Waals surface area contributed by atoms with Crippen LogP contribution in [0.2, 0.25) is 0 Å². The maximum absolute atomic E-state index is 12.4. The average Bonchev–Trinajstić information content (AvgIpc) is 2.64. The van der Waals surface area contributed by atoms with Crippen LogP contribution in [0, 0.1) is 5.41 Å².